The number of benzene rings is 3. The molecule has 3 aromatic carbocycles. The van der Waals surface area contributed by atoms with Gasteiger partial charge in [-0.2, -0.15) is 0 Å². The molecule has 0 aromatic heterocycles. The van der Waals surface area contributed by atoms with Crippen molar-refractivity contribution in [1.29, 1.82) is 5.41 Å². The monoisotopic (exact) mass is 983 g/mol. The Kier molecular flexibility index (Phi) is 21.2. The molecule has 8 rings (SSSR count). The maximum absolute atomic E-state index is 15.9. The van der Waals surface area contributed by atoms with Crippen molar-refractivity contribution in [2.24, 2.45) is 11.7 Å². The van der Waals surface area contributed by atoms with Gasteiger partial charge in [0.25, 0.3) is 11.8 Å². The fraction of sp³-hybridized carbons (Fsp3) is 0.564. The Balaban J connectivity index is 0.00000201. The van der Waals surface area contributed by atoms with Crippen LogP contribution in [0.15, 0.2) is 60.7 Å². The van der Waals surface area contributed by atoms with E-state index >= 15 is 4.39 Å². The first-order valence-corrected chi connectivity index (χ1v) is 26.1. The van der Waals surface area contributed by atoms with Crippen molar-refractivity contribution in [3.8, 4) is 0 Å². The van der Waals surface area contributed by atoms with E-state index in [1.54, 1.807) is 52.3 Å². The highest BCUT2D eigenvalue weighted by Crippen LogP contribution is 2.31. The largest absolute Gasteiger partial charge is 0.375 e. The Morgan fingerprint density at radius 1 is 0.761 bits per heavy atom. The van der Waals surface area contributed by atoms with Gasteiger partial charge in [-0.3, -0.25) is 28.9 Å². The molecule has 386 valence electrons. The zero-order valence-electron chi connectivity index (χ0n) is 42.1. The number of amides is 4. The number of hydrogen-bond donors (Lipinski definition) is 4. The van der Waals surface area contributed by atoms with E-state index in [2.05, 4.69) is 21.3 Å². The van der Waals surface area contributed by atoms with E-state index in [-0.39, 0.29) is 78.8 Å². The normalized spacial score (nSPS) is 19.9. The molecule has 2 unspecified atom stereocenters. The molecule has 5 aliphatic rings. The first kappa shape index (κ1) is 54.9. The van der Waals surface area contributed by atoms with Crippen LogP contribution in [0.25, 0.3) is 0 Å². The number of rotatable bonds is 14. The average Bonchev–Trinajstić information content (AvgIpc) is 3.42. The van der Waals surface area contributed by atoms with Crippen molar-refractivity contribution < 1.29 is 37.5 Å². The van der Waals surface area contributed by atoms with Gasteiger partial charge in [-0.1, -0.05) is 75.6 Å². The number of carbonyl (C=O) groups excluding carboxylic acids is 5. The average molecular weight is 983 g/mol. The Hall–Kier alpha value is -5.42. The van der Waals surface area contributed by atoms with Gasteiger partial charge in [0.15, 0.2) is 6.29 Å². The quantitative estimate of drug-likeness (QED) is 0.102. The minimum absolute atomic E-state index is 0.000462. The molecule has 3 aromatic rings. The van der Waals surface area contributed by atoms with Crippen LogP contribution in [0.2, 0.25) is 0 Å². The molecule has 16 heteroatoms. The zero-order valence-corrected chi connectivity index (χ0v) is 42.1. The summed E-state index contributed by atoms with van der Waals surface area (Å²) in [5.41, 5.74) is 6.64. The van der Waals surface area contributed by atoms with Crippen LogP contribution in [-0.4, -0.2) is 153 Å². The molecule has 4 amide bonds. The highest BCUT2D eigenvalue weighted by Gasteiger charge is 2.37. The third-order valence-corrected chi connectivity index (χ3v) is 14.7. The van der Waals surface area contributed by atoms with Crippen LogP contribution in [0.5, 0.6) is 0 Å². The lowest BCUT2D eigenvalue weighted by Gasteiger charge is -2.40. The number of ether oxygens (including phenoxy) is 1. The highest BCUT2D eigenvalue weighted by atomic mass is 19.1. The van der Waals surface area contributed by atoms with Crippen LogP contribution in [0.3, 0.4) is 0 Å². The van der Waals surface area contributed by atoms with E-state index < -0.39 is 29.5 Å². The summed E-state index contributed by atoms with van der Waals surface area (Å²) in [5.74, 6) is -2.20. The van der Waals surface area contributed by atoms with E-state index in [4.69, 9.17) is 10.1 Å². The molecule has 1 aliphatic carbocycles. The van der Waals surface area contributed by atoms with Crippen LogP contribution >= 0.6 is 0 Å². The Bertz CT molecular complexity index is 2260. The highest BCUT2D eigenvalue weighted by molar-refractivity contribution is 6.05. The minimum atomic E-state index is -0.704. The summed E-state index contributed by atoms with van der Waals surface area (Å²) >= 11 is 0. The van der Waals surface area contributed by atoms with Gasteiger partial charge in [0.05, 0.1) is 29.9 Å². The fourth-order valence-corrected chi connectivity index (χ4v) is 10.8. The van der Waals surface area contributed by atoms with Crippen LogP contribution in [0.4, 0.5) is 8.78 Å². The summed E-state index contributed by atoms with van der Waals surface area (Å²) in [5, 5.41) is 14.9. The van der Waals surface area contributed by atoms with Gasteiger partial charge in [-0.25, -0.2) is 8.78 Å². The van der Waals surface area contributed by atoms with Crippen molar-refractivity contribution in [1.82, 2.24) is 30.2 Å². The van der Waals surface area contributed by atoms with E-state index in [1.165, 1.54) is 25.2 Å². The van der Waals surface area contributed by atoms with Crippen molar-refractivity contribution in [3.63, 3.8) is 0 Å². The molecule has 0 bridgehead atoms. The van der Waals surface area contributed by atoms with E-state index in [0.29, 0.717) is 87.2 Å². The van der Waals surface area contributed by atoms with Gasteiger partial charge in [0, 0.05) is 82.2 Å². The number of halogens is 2. The molecule has 4 heterocycles. The number of nitrogens with one attached hydrogen (secondary N) is 3. The van der Waals surface area contributed by atoms with Gasteiger partial charge in [0.1, 0.15) is 17.7 Å². The molecule has 71 heavy (non-hydrogen) atoms. The lowest BCUT2D eigenvalue weighted by atomic mass is 9.83. The summed E-state index contributed by atoms with van der Waals surface area (Å²) in [6, 6.07) is 15.4. The van der Waals surface area contributed by atoms with Gasteiger partial charge in [-0.15, -0.1) is 0 Å². The molecule has 4 saturated heterocycles. The van der Waals surface area contributed by atoms with Crippen LogP contribution in [0, 0.1) is 23.0 Å². The maximum atomic E-state index is 15.9. The molecule has 0 radical (unpaired) electrons. The second-order valence-corrected chi connectivity index (χ2v) is 19.1. The predicted octanol–water partition coefficient (Wildman–Crippen LogP) is 6.59. The predicted molar refractivity (Wildman–Crippen MR) is 272 cm³/mol. The molecule has 5 fully saturated rings. The van der Waals surface area contributed by atoms with Crippen molar-refractivity contribution in [3.05, 3.63) is 106 Å². The molecular formula is C55H76F2N8O6. The molecule has 2 atom stereocenters. The topological polar surface area (TPSA) is 181 Å². The number of hydrogen-bond acceptors (Lipinski definition) is 10. The number of aldehydes is 1. The SMILES string of the molecule is CC.CN.N=C(Cc1ccc(F)c(C(=O)N2CCN(C(=O)CN3CCC(OC4CCN(C(=O)C(NC(=O)c5cccc(C6CCCNC6)c5F)C5CCCCC5)CC4)CC3)CC2)c1)c1ccccc1C=O. The number of carbonyl (C=O) groups is 5. The second kappa shape index (κ2) is 27.4. The number of piperazine rings is 1. The van der Waals surface area contributed by atoms with Crippen LogP contribution in [0.1, 0.15) is 138 Å². The zero-order chi connectivity index (χ0) is 50.9. The Morgan fingerprint density at radius 3 is 2.07 bits per heavy atom. The van der Waals surface area contributed by atoms with Gasteiger partial charge >= 0.3 is 0 Å². The summed E-state index contributed by atoms with van der Waals surface area (Å²) in [6.45, 7) is 9.59. The van der Waals surface area contributed by atoms with E-state index in [9.17, 15) is 28.4 Å². The summed E-state index contributed by atoms with van der Waals surface area (Å²) in [4.78, 5) is 73.6. The van der Waals surface area contributed by atoms with Crippen molar-refractivity contribution in [2.75, 3.05) is 79.0 Å². The van der Waals surface area contributed by atoms with Crippen LogP contribution < -0.4 is 16.4 Å². The molecule has 1 saturated carbocycles. The number of piperidine rings is 3. The molecular weight excluding hydrogens is 907 g/mol. The summed E-state index contributed by atoms with van der Waals surface area (Å²) in [7, 11) is 1.50. The van der Waals surface area contributed by atoms with Gasteiger partial charge < -0.3 is 41.2 Å². The Morgan fingerprint density at radius 2 is 1.41 bits per heavy atom. The second-order valence-electron chi connectivity index (χ2n) is 19.1. The molecule has 4 aliphatic heterocycles. The number of nitrogens with two attached hydrogens (primary N) is 1. The smallest absolute Gasteiger partial charge is 0.256 e. The first-order valence-electron chi connectivity index (χ1n) is 26.1. The van der Waals surface area contributed by atoms with Crippen molar-refractivity contribution in [2.45, 2.75) is 115 Å². The first-order chi connectivity index (χ1) is 34.6. The van der Waals surface area contributed by atoms with E-state index in [0.717, 1.165) is 64.3 Å². The van der Waals surface area contributed by atoms with Crippen LogP contribution in [-0.2, 0) is 20.7 Å². The van der Waals surface area contributed by atoms with E-state index in [1.807, 2.05) is 18.7 Å². The third kappa shape index (κ3) is 14.4. The van der Waals surface area contributed by atoms with Gasteiger partial charge in [-0.05, 0) is 106 Å². The van der Waals surface area contributed by atoms with Crippen molar-refractivity contribution >= 4 is 35.6 Å². The minimum Gasteiger partial charge on any atom is -0.375 e. The Labute approximate surface area is 418 Å². The van der Waals surface area contributed by atoms with Gasteiger partial charge in [0.2, 0.25) is 11.8 Å². The maximum Gasteiger partial charge on any atom is 0.256 e. The molecule has 14 nitrogen and oxygen atoms in total. The fourth-order valence-electron chi connectivity index (χ4n) is 10.8. The molecule has 5 N–H and O–H groups in total. The summed E-state index contributed by atoms with van der Waals surface area (Å²) in [6.07, 6.45) is 10.5. The lowest BCUT2D eigenvalue weighted by Crippen LogP contribution is -2.55. The lowest BCUT2D eigenvalue weighted by molar-refractivity contribution is -0.140. The number of likely N-dealkylation sites (tertiary alicyclic amines) is 2. The standard InChI is InChI=1S/C52H65F2N7O6.C2H6.CH5N/c53-45-16-15-35(31-46(55)41-12-5-4-10-38(41)34-62)30-44(45)51(65)61-28-26-59(27-29-61)47(63)33-58-22-17-39(18-23-58)67-40-19-24-60(25-20-40)52(66)49(36-8-2-1-3-9-36)57-50(64)43-14-6-13-42(48(43)54)37-11-7-21-56-32-37;2*1-2/h4-6,10,12-16,30,34,36-37,39-40,49,55-56H,1-3,7-9,11,17-29,31-33H2,(H,57,64);1-2H3;2H2,1H3. The number of nitrogens with zero attached hydrogens (tertiary/aromatic N) is 4. The third-order valence-electron chi connectivity index (χ3n) is 14.7. The summed E-state index contributed by atoms with van der Waals surface area (Å²) < 4.78 is 37.4. The molecule has 0 spiro atoms.